The zero-order chi connectivity index (χ0) is 32.0. The number of likely N-dealkylation sites (tertiary alicyclic amines) is 1. The van der Waals surface area contributed by atoms with E-state index in [-0.39, 0.29) is 17.1 Å². The van der Waals surface area contributed by atoms with Crippen LogP contribution in [-0.4, -0.2) is 56.2 Å². The molecule has 1 fully saturated rings. The van der Waals surface area contributed by atoms with Gasteiger partial charge in [-0.3, -0.25) is 9.59 Å². The van der Waals surface area contributed by atoms with Crippen LogP contribution >= 0.6 is 18.6 Å². The molecule has 0 unspecified atom stereocenters. The first-order valence-electron chi connectivity index (χ1n) is 14.7. The lowest BCUT2D eigenvalue weighted by atomic mass is 9.77. The molecule has 230 valence electrons. The van der Waals surface area contributed by atoms with Gasteiger partial charge < -0.3 is 14.7 Å². The van der Waals surface area contributed by atoms with Crippen LogP contribution in [0.4, 0.5) is 0 Å². The number of aliphatic hydroxyl groups is 1. The van der Waals surface area contributed by atoms with Gasteiger partial charge in [0.05, 0.1) is 18.1 Å². The van der Waals surface area contributed by atoms with Crippen LogP contribution in [0.5, 0.6) is 0 Å². The molecule has 4 atom stereocenters. The number of ether oxygens (including phenoxy) is 1. The lowest BCUT2D eigenvalue weighted by molar-refractivity contribution is -0.161. The third kappa shape index (κ3) is 6.19. The van der Waals surface area contributed by atoms with E-state index < -0.39 is 42.7 Å². The maximum Gasteiger partial charge on any atom is 0.356 e. The molecule has 7 nitrogen and oxygen atoms in total. The molecule has 0 radical (unpaired) electrons. The Morgan fingerprint density at radius 3 is 1.87 bits per heavy atom. The zero-order valence-electron chi connectivity index (χ0n) is 25.1. The van der Waals surface area contributed by atoms with Crippen LogP contribution in [0.15, 0.2) is 133 Å². The maximum absolute atomic E-state index is 14.5. The molecule has 1 aliphatic rings. The van der Waals surface area contributed by atoms with Gasteiger partial charge in [0.25, 0.3) is 0 Å². The minimum Gasteiger partial charge on any atom is -0.457 e. The third-order valence-corrected chi connectivity index (χ3v) is 13.2. The maximum atomic E-state index is 14.5. The number of aliphatic hydroxyl groups excluding tert-OH is 1. The predicted octanol–water partition coefficient (Wildman–Crippen LogP) is 4.40. The first-order valence-corrected chi connectivity index (χ1v) is 17.3. The molecule has 0 spiro atoms. The van der Waals surface area contributed by atoms with E-state index in [4.69, 9.17) is 4.74 Å². The summed E-state index contributed by atoms with van der Waals surface area (Å²) in [5.41, 5.74) is 0.155. The number of carbonyl (C=O) groups excluding carboxylic acids is 3. The highest BCUT2D eigenvalue weighted by atomic mass is 32.2. The molecule has 1 saturated heterocycles. The van der Waals surface area contributed by atoms with Crippen LogP contribution in [0.2, 0.25) is 0 Å². The second-order valence-electron chi connectivity index (χ2n) is 10.7. The Morgan fingerprint density at radius 2 is 1.42 bits per heavy atom. The summed E-state index contributed by atoms with van der Waals surface area (Å²) >= 11 is 0.978. The van der Waals surface area contributed by atoms with Crippen LogP contribution in [-0.2, 0) is 19.1 Å². The van der Waals surface area contributed by atoms with Gasteiger partial charge in [-0.2, -0.15) is 0 Å². The molecule has 1 N–H and O–H groups in total. The number of β-lactam (4-membered cyclic amide) rings is 1. The van der Waals surface area contributed by atoms with Crippen molar-refractivity contribution in [2.45, 2.75) is 31.0 Å². The van der Waals surface area contributed by atoms with Gasteiger partial charge in [0, 0.05) is 19.0 Å². The molecular formula is C36H35N2O5PS. The summed E-state index contributed by atoms with van der Waals surface area (Å²) in [6.07, 6.45) is 2.03. The molecule has 5 rings (SSSR count). The van der Waals surface area contributed by atoms with Crippen molar-refractivity contribution in [2.24, 2.45) is 11.8 Å². The Balaban J connectivity index is 1.84. The van der Waals surface area contributed by atoms with Crippen molar-refractivity contribution in [3.8, 4) is 0 Å². The molecule has 1 aromatic heterocycles. The van der Waals surface area contributed by atoms with Crippen molar-refractivity contribution < 1.29 is 24.2 Å². The highest BCUT2D eigenvalue weighted by Gasteiger charge is 2.58. The van der Waals surface area contributed by atoms with E-state index in [1.807, 2.05) is 91.0 Å². The summed E-state index contributed by atoms with van der Waals surface area (Å²) in [7, 11) is 0. The molecule has 9 heteroatoms. The number of thioether (sulfide) groups is 1. The molecule has 1 aliphatic heterocycles. The molecule has 4 aromatic rings. The number of carbonyl (C=O) groups is 3. The summed E-state index contributed by atoms with van der Waals surface area (Å²) in [6.45, 7) is 3.78. The first-order chi connectivity index (χ1) is 21.8. The summed E-state index contributed by atoms with van der Waals surface area (Å²) in [6, 6.07) is 33.4. The van der Waals surface area contributed by atoms with Gasteiger partial charge >= 0.3 is 5.97 Å². The van der Waals surface area contributed by atoms with Gasteiger partial charge in [-0.1, -0.05) is 117 Å². The van der Waals surface area contributed by atoms with Crippen molar-refractivity contribution in [3.05, 3.63) is 128 Å². The fourth-order valence-electron chi connectivity index (χ4n) is 5.91. The van der Waals surface area contributed by atoms with E-state index in [2.05, 4.69) is 11.6 Å². The van der Waals surface area contributed by atoms with Gasteiger partial charge in [0.1, 0.15) is 17.1 Å². The fourth-order valence-corrected chi connectivity index (χ4v) is 11.1. The average Bonchev–Trinajstić information content (AvgIpc) is 3.07. The second kappa shape index (κ2) is 14.2. The lowest BCUT2D eigenvalue weighted by Crippen LogP contribution is -2.70. The standard InChI is InChI=1S/C36H35N2O5PS/c1-4-24-43-35(41)34(38-32(31(26(3)39)33(38)40)25(2)36(42)45-30-22-14-15-23-37-30)44(27-16-8-5-9-17-27,28-18-10-6-11-19-28)29-20-12-7-13-21-29/h4-23,25-26,31-32,39H,1,24H2,2-3H3/t25-,26-,31-,32-/m1/s1. The normalized spacial score (nSPS) is 17.5. The van der Waals surface area contributed by atoms with Gasteiger partial charge in [0.2, 0.25) is 5.91 Å². The molecule has 45 heavy (non-hydrogen) atoms. The van der Waals surface area contributed by atoms with E-state index in [9.17, 15) is 19.5 Å². The molecule has 1 amide bonds. The van der Waals surface area contributed by atoms with Crippen LogP contribution in [0.3, 0.4) is 0 Å². The van der Waals surface area contributed by atoms with Gasteiger partial charge in [-0.05, 0) is 46.7 Å². The topological polar surface area (TPSA) is 96.8 Å². The summed E-state index contributed by atoms with van der Waals surface area (Å²) < 4.78 is 5.79. The number of hydrogen-bond acceptors (Lipinski definition) is 7. The number of aromatic nitrogens is 1. The molecular weight excluding hydrogens is 603 g/mol. The van der Waals surface area contributed by atoms with Crippen molar-refractivity contribution >= 4 is 57.0 Å². The molecule has 3 aromatic carbocycles. The Hall–Kier alpha value is -4.23. The summed E-state index contributed by atoms with van der Waals surface area (Å²) in [5, 5.41) is 13.7. The highest BCUT2D eigenvalue weighted by molar-refractivity contribution is 8.13. The summed E-state index contributed by atoms with van der Waals surface area (Å²) in [5.74, 6) is -2.78. The van der Waals surface area contributed by atoms with Crippen molar-refractivity contribution in [2.75, 3.05) is 6.61 Å². The number of benzene rings is 3. The van der Waals surface area contributed by atoms with Crippen molar-refractivity contribution in [3.63, 3.8) is 0 Å². The van der Waals surface area contributed by atoms with E-state index in [1.165, 1.54) is 11.0 Å². The average molecular weight is 639 g/mol. The number of pyridine rings is 1. The van der Waals surface area contributed by atoms with Gasteiger partial charge in [0.15, 0.2) is 5.12 Å². The largest absolute Gasteiger partial charge is 0.457 e. The summed E-state index contributed by atoms with van der Waals surface area (Å²) in [4.78, 5) is 48.3. The highest BCUT2D eigenvalue weighted by Crippen LogP contribution is 2.50. The fraction of sp³-hybridized carbons (Fsp3) is 0.194. The van der Waals surface area contributed by atoms with Crippen LogP contribution < -0.4 is 15.9 Å². The SMILES string of the molecule is C=CCOC(=O)C(N1C(=O)[C@H]([C@@H](C)O)[C@H]1[C@@H](C)C(=O)Sc1ccccn1)=P(c1ccccc1)(c1ccccc1)c1ccccc1. The number of rotatable bonds is 11. The van der Waals surface area contributed by atoms with Gasteiger partial charge in [-0.25, -0.2) is 9.78 Å². The first kappa shape index (κ1) is 32.2. The number of nitrogens with zero attached hydrogens (tertiary/aromatic N) is 2. The molecule has 0 bridgehead atoms. The van der Waals surface area contributed by atoms with E-state index in [0.29, 0.717) is 5.03 Å². The monoisotopic (exact) mass is 638 g/mol. The van der Waals surface area contributed by atoms with Gasteiger partial charge in [-0.15, -0.1) is 0 Å². The number of hydrogen-bond donors (Lipinski definition) is 1. The number of amides is 1. The third-order valence-electron chi connectivity index (χ3n) is 7.93. The van der Waals surface area contributed by atoms with Crippen LogP contribution in [0.1, 0.15) is 13.8 Å². The molecule has 2 heterocycles. The minimum atomic E-state index is -3.15. The smallest absolute Gasteiger partial charge is 0.356 e. The Bertz CT molecular complexity index is 1610. The zero-order valence-corrected chi connectivity index (χ0v) is 26.8. The molecule has 0 aliphatic carbocycles. The Morgan fingerprint density at radius 1 is 0.911 bits per heavy atom. The Labute approximate surface area is 267 Å². The van der Waals surface area contributed by atoms with Crippen molar-refractivity contribution in [1.82, 2.24) is 9.88 Å². The Kier molecular flexibility index (Phi) is 10.2. The van der Waals surface area contributed by atoms with Crippen LogP contribution in [0.25, 0.3) is 0 Å². The minimum absolute atomic E-state index is 0.0722. The van der Waals surface area contributed by atoms with E-state index in [0.717, 1.165) is 27.7 Å². The second-order valence-corrected chi connectivity index (χ2v) is 15.1. The predicted molar refractivity (Wildman–Crippen MR) is 181 cm³/mol. The quantitative estimate of drug-likeness (QED) is 0.0856. The van der Waals surface area contributed by atoms with E-state index >= 15 is 0 Å². The molecule has 0 saturated carbocycles. The van der Waals surface area contributed by atoms with Crippen molar-refractivity contribution in [1.29, 1.82) is 0 Å². The number of esters is 1. The van der Waals surface area contributed by atoms with E-state index in [1.54, 1.807) is 38.2 Å². The van der Waals surface area contributed by atoms with Crippen LogP contribution in [0, 0.1) is 11.8 Å². The lowest BCUT2D eigenvalue weighted by Gasteiger charge is -2.52.